The van der Waals surface area contributed by atoms with Gasteiger partial charge >= 0.3 is 0 Å². The number of H-pyrrole nitrogens is 1. The highest BCUT2D eigenvalue weighted by Gasteiger charge is 2.08. The Balaban J connectivity index is 2.17. The second-order valence-corrected chi connectivity index (χ2v) is 3.21. The van der Waals surface area contributed by atoms with Crippen molar-refractivity contribution >= 4 is 11.6 Å². The number of nitrogens with zero attached hydrogens (tertiary/aromatic N) is 1. The molecular formula is C11H11N3O. The maximum atomic E-state index is 11.6. The number of aromatic nitrogens is 2. The van der Waals surface area contributed by atoms with E-state index in [1.165, 1.54) is 0 Å². The van der Waals surface area contributed by atoms with Crippen LogP contribution in [-0.2, 0) is 0 Å². The number of carbonyl (C=O) groups is 1. The van der Waals surface area contributed by atoms with E-state index < -0.39 is 0 Å². The summed E-state index contributed by atoms with van der Waals surface area (Å²) in [4.78, 5) is 18.3. The summed E-state index contributed by atoms with van der Waals surface area (Å²) >= 11 is 0. The summed E-state index contributed by atoms with van der Waals surface area (Å²) in [5, 5.41) is 2.78. The maximum Gasteiger partial charge on any atom is 0.291 e. The summed E-state index contributed by atoms with van der Waals surface area (Å²) in [6, 6.07) is 7.61. The minimum atomic E-state index is -0.227. The predicted molar refractivity (Wildman–Crippen MR) is 57.7 cm³/mol. The zero-order valence-electron chi connectivity index (χ0n) is 8.32. The first-order valence-electron chi connectivity index (χ1n) is 4.64. The van der Waals surface area contributed by atoms with Gasteiger partial charge in [-0.15, -0.1) is 0 Å². The van der Waals surface area contributed by atoms with Crippen LogP contribution in [0.1, 0.15) is 16.2 Å². The minimum Gasteiger partial charge on any atom is -0.341 e. The second-order valence-electron chi connectivity index (χ2n) is 3.21. The van der Waals surface area contributed by atoms with E-state index in [0.29, 0.717) is 5.82 Å². The van der Waals surface area contributed by atoms with Crippen LogP contribution in [0.5, 0.6) is 0 Å². The zero-order valence-corrected chi connectivity index (χ0v) is 8.32. The van der Waals surface area contributed by atoms with E-state index in [4.69, 9.17) is 0 Å². The van der Waals surface area contributed by atoms with Crippen LogP contribution in [-0.4, -0.2) is 15.9 Å². The van der Waals surface area contributed by atoms with E-state index >= 15 is 0 Å². The Morgan fingerprint density at radius 1 is 1.40 bits per heavy atom. The highest BCUT2D eigenvalue weighted by molar-refractivity contribution is 6.01. The van der Waals surface area contributed by atoms with Gasteiger partial charge in [-0.3, -0.25) is 4.79 Å². The molecule has 76 valence electrons. The van der Waals surface area contributed by atoms with Gasteiger partial charge in [-0.25, -0.2) is 4.98 Å². The number of nitrogens with one attached hydrogen (secondary N) is 2. The molecular weight excluding hydrogens is 190 g/mol. The molecule has 4 nitrogen and oxygen atoms in total. The number of hydrogen-bond donors (Lipinski definition) is 2. The first-order chi connectivity index (χ1) is 7.27. The van der Waals surface area contributed by atoms with Gasteiger partial charge in [0.05, 0.1) is 0 Å². The van der Waals surface area contributed by atoms with Gasteiger partial charge in [0.2, 0.25) is 0 Å². The average molecular weight is 201 g/mol. The number of amides is 1. The quantitative estimate of drug-likeness (QED) is 0.780. The van der Waals surface area contributed by atoms with Crippen molar-refractivity contribution in [1.82, 2.24) is 9.97 Å². The first kappa shape index (κ1) is 9.45. The van der Waals surface area contributed by atoms with E-state index in [1.807, 2.05) is 31.2 Å². The number of aryl methyl sites for hydroxylation is 1. The summed E-state index contributed by atoms with van der Waals surface area (Å²) in [6.07, 6.45) is 3.17. The zero-order chi connectivity index (χ0) is 10.7. The predicted octanol–water partition coefficient (Wildman–Crippen LogP) is 1.97. The fraction of sp³-hybridized carbons (Fsp3) is 0.0909. The Hall–Kier alpha value is -2.10. The van der Waals surface area contributed by atoms with Crippen LogP contribution in [0.2, 0.25) is 0 Å². The van der Waals surface area contributed by atoms with Gasteiger partial charge in [-0.1, -0.05) is 18.2 Å². The smallest absolute Gasteiger partial charge is 0.291 e. The molecule has 1 heterocycles. The van der Waals surface area contributed by atoms with Crippen LogP contribution >= 0.6 is 0 Å². The highest BCUT2D eigenvalue weighted by atomic mass is 16.2. The Bertz CT molecular complexity index is 462. The number of rotatable bonds is 2. The molecule has 1 amide bonds. The molecule has 2 N–H and O–H groups in total. The normalized spacial score (nSPS) is 9.93. The van der Waals surface area contributed by atoms with Crippen LogP contribution in [0.25, 0.3) is 0 Å². The van der Waals surface area contributed by atoms with Crippen LogP contribution < -0.4 is 5.32 Å². The third-order valence-electron chi connectivity index (χ3n) is 2.11. The molecule has 0 spiro atoms. The second kappa shape index (κ2) is 3.96. The summed E-state index contributed by atoms with van der Waals surface area (Å²) in [7, 11) is 0. The lowest BCUT2D eigenvalue weighted by Crippen LogP contribution is -2.14. The summed E-state index contributed by atoms with van der Waals surface area (Å²) in [5.74, 6) is 0.0903. The fourth-order valence-corrected chi connectivity index (χ4v) is 1.28. The van der Waals surface area contributed by atoms with Crippen molar-refractivity contribution in [2.75, 3.05) is 5.32 Å². The van der Waals surface area contributed by atoms with Crippen LogP contribution in [0.4, 0.5) is 5.69 Å². The van der Waals surface area contributed by atoms with Gasteiger partial charge in [0.25, 0.3) is 5.91 Å². The van der Waals surface area contributed by atoms with Gasteiger partial charge < -0.3 is 10.3 Å². The summed E-state index contributed by atoms with van der Waals surface area (Å²) < 4.78 is 0. The van der Waals surface area contributed by atoms with Crippen molar-refractivity contribution < 1.29 is 4.79 Å². The summed E-state index contributed by atoms with van der Waals surface area (Å²) in [6.45, 7) is 1.94. The van der Waals surface area contributed by atoms with Crippen molar-refractivity contribution in [3.63, 3.8) is 0 Å². The van der Waals surface area contributed by atoms with Crippen molar-refractivity contribution in [3.05, 3.63) is 48.0 Å². The lowest BCUT2D eigenvalue weighted by Gasteiger charge is -2.05. The van der Waals surface area contributed by atoms with E-state index in [9.17, 15) is 4.79 Å². The number of benzene rings is 1. The molecule has 0 unspecified atom stereocenters. The lowest BCUT2D eigenvalue weighted by molar-refractivity contribution is 0.101. The lowest BCUT2D eigenvalue weighted by atomic mass is 10.2. The molecule has 0 bridgehead atoms. The van der Waals surface area contributed by atoms with Crippen molar-refractivity contribution in [2.24, 2.45) is 0 Å². The maximum absolute atomic E-state index is 11.6. The summed E-state index contributed by atoms with van der Waals surface area (Å²) in [5.41, 5.74) is 1.83. The van der Waals surface area contributed by atoms with Crippen molar-refractivity contribution in [3.8, 4) is 0 Å². The van der Waals surface area contributed by atoms with Crippen LogP contribution in [0, 0.1) is 6.92 Å². The molecule has 2 aromatic rings. The fourth-order valence-electron chi connectivity index (χ4n) is 1.28. The molecule has 1 aromatic carbocycles. The third kappa shape index (κ3) is 2.04. The molecule has 1 aromatic heterocycles. The minimum absolute atomic E-state index is 0.227. The van der Waals surface area contributed by atoms with E-state index in [2.05, 4.69) is 15.3 Å². The van der Waals surface area contributed by atoms with E-state index in [-0.39, 0.29) is 5.91 Å². The molecule has 0 radical (unpaired) electrons. The van der Waals surface area contributed by atoms with Gasteiger partial charge in [0, 0.05) is 18.1 Å². The molecule has 2 rings (SSSR count). The third-order valence-corrected chi connectivity index (χ3v) is 2.11. The van der Waals surface area contributed by atoms with Crippen molar-refractivity contribution in [1.29, 1.82) is 0 Å². The Morgan fingerprint density at radius 3 is 2.87 bits per heavy atom. The van der Waals surface area contributed by atoms with Crippen LogP contribution in [0.3, 0.4) is 0 Å². The molecule has 0 aliphatic rings. The first-order valence-corrected chi connectivity index (χ1v) is 4.64. The SMILES string of the molecule is Cc1ccccc1NC(=O)c1ncc[nH]1. The van der Waals surface area contributed by atoms with Gasteiger partial charge in [0.1, 0.15) is 0 Å². The molecule has 0 aliphatic carbocycles. The number of carbonyl (C=O) groups excluding carboxylic acids is 1. The number of hydrogen-bond acceptors (Lipinski definition) is 2. The number of aromatic amines is 1. The van der Waals surface area contributed by atoms with Gasteiger partial charge in [0.15, 0.2) is 5.82 Å². The topological polar surface area (TPSA) is 57.8 Å². The average Bonchev–Trinajstić information content (AvgIpc) is 2.74. The van der Waals surface area contributed by atoms with E-state index in [1.54, 1.807) is 12.4 Å². The van der Waals surface area contributed by atoms with Gasteiger partial charge in [-0.05, 0) is 18.6 Å². The Kier molecular flexibility index (Phi) is 2.49. The van der Waals surface area contributed by atoms with E-state index in [0.717, 1.165) is 11.3 Å². The molecule has 0 saturated carbocycles. The monoisotopic (exact) mass is 201 g/mol. The molecule has 0 aliphatic heterocycles. The van der Waals surface area contributed by atoms with Crippen LogP contribution in [0.15, 0.2) is 36.7 Å². The number of imidazole rings is 1. The molecule has 0 saturated heterocycles. The number of para-hydroxylation sites is 1. The Morgan fingerprint density at radius 2 is 2.20 bits per heavy atom. The highest BCUT2D eigenvalue weighted by Crippen LogP contribution is 2.13. The van der Waals surface area contributed by atoms with Crippen molar-refractivity contribution in [2.45, 2.75) is 6.92 Å². The molecule has 15 heavy (non-hydrogen) atoms. The number of anilines is 1. The molecule has 0 fully saturated rings. The standard InChI is InChI=1S/C11H11N3O/c1-8-4-2-3-5-9(8)14-11(15)10-12-6-7-13-10/h2-7H,1H3,(H,12,13)(H,14,15). The van der Waals surface area contributed by atoms with Gasteiger partial charge in [-0.2, -0.15) is 0 Å². The molecule has 4 heteroatoms. The largest absolute Gasteiger partial charge is 0.341 e. The molecule has 0 atom stereocenters. The Labute approximate surface area is 87.4 Å².